The first kappa shape index (κ1) is 27.8. The van der Waals surface area contributed by atoms with Crippen molar-refractivity contribution in [2.45, 2.75) is 38.0 Å². The summed E-state index contributed by atoms with van der Waals surface area (Å²) in [5.74, 6) is -1.34. The molecule has 1 N–H and O–H groups in total. The molecule has 10 heteroatoms. The number of hydrogen-bond donors (Lipinski definition) is 1. The molecule has 2 aromatic carbocycles. The Labute approximate surface area is 216 Å². The summed E-state index contributed by atoms with van der Waals surface area (Å²) in [7, 11) is 0.423. The van der Waals surface area contributed by atoms with Crippen LogP contribution in [0, 0.1) is 12.7 Å². The van der Waals surface area contributed by atoms with Crippen LogP contribution < -0.4 is 9.46 Å². The molecule has 1 heterocycles. The van der Waals surface area contributed by atoms with Crippen molar-refractivity contribution >= 4 is 21.8 Å². The maximum atomic E-state index is 14.6. The number of carbonyl (C=O) groups is 2. The minimum Gasteiger partial charge on any atom is -0.481 e. The summed E-state index contributed by atoms with van der Waals surface area (Å²) in [6.07, 6.45) is 1.21. The third-order valence-corrected chi connectivity index (χ3v) is 7.36. The minimum atomic E-state index is -4.23. The van der Waals surface area contributed by atoms with E-state index in [1.54, 1.807) is 33.2 Å². The number of ether oxygens (including phenoxy) is 1. The van der Waals surface area contributed by atoms with Gasteiger partial charge in [0.05, 0.1) is 18.4 Å². The second-order valence-electron chi connectivity index (χ2n) is 9.15. The molecule has 0 spiro atoms. The zero-order chi connectivity index (χ0) is 27.5. The van der Waals surface area contributed by atoms with Gasteiger partial charge in [-0.05, 0) is 77.1 Å². The van der Waals surface area contributed by atoms with Gasteiger partial charge in [0.25, 0.3) is 15.9 Å². The number of hydrogen-bond acceptors (Lipinski definition) is 6. The van der Waals surface area contributed by atoms with Gasteiger partial charge in [0, 0.05) is 31.9 Å². The van der Waals surface area contributed by atoms with Crippen molar-refractivity contribution in [3.8, 4) is 17.0 Å². The van der Waals surface area contributed by atoms with Crippen molar-refractivity contribution in [2.24, 2.45) is 0 Å². The van der Waals surface area contributed by atoms with E-state index in [-0.39, 0.29) is 23.1 Å². The summed E-state index contributed by atoms with van der Waals surface area (Å²) in [5.41, 5.74) is 2.76. The van der Waals surface area contributed by atoms with Crippen LogP contribution in [0.2, 0.25) is 0 Å². The van der Waals surface area contributed by atoms with E-state index in [2.05, 4.69) is 9.71 Å². The zero-order valence-electron chi connectivity index (χ0n) is 21.6. The van der Waals surface area contributed by atoms with E-state index in [0.717, 1.165) is 0 Å². The standard InChI is InChI=1S/C27H30FN3O5S/c1-16(2)21-13-20(28)14-22(18-9-10-29-26(12-18)36-6)23(21)15-25(32)30-37(34,35)24-8-7-19(11-17(24)3)27(33)31(4)5/h7-14,16H,15H2,1-6H3,(H,30,32). The third-order valence-electron chi connectivity index (χ3n) is 5.83. The molecule has 0 aliphatic carbocycles. The molecule has 0 aliphatic rings. The Balaban J connectivity index is 1.97. The molecule has 1 aromatic heterocycles. The number of amides is 2. The Morgan fingerprint density at radius 1 is 1.11 bits per heavy atom. The molecular formula is C27H30FN3O5S. The van der Waals surface area contributed by atoms with Crippen molar-refractivity contribution in [3.63, 3.8) is 0 Å². The van der Waals surface area contributed by atoms with E-state index < -0.39 is 21.7 Å². The third kappa shape index (κ3) is 6.32. The van der Waals surface area contributed by atoms with Crippen LogP contribution in [0.4, 0.5) is 4.39 Å². The Kier molecular flexibility index (Phi) is 8.32. The van der Waals surface area contributed by atoms with Gasteiger partial charge in [-0.2, -0.15) is 0 Å². The largest absolute Gasteiger partial charge is 0.481 e. The van der Waals surface area contributed by atoms with Gasteiger partial charge in [0.2, 0.25) is 11.8 Å². The van der Waals surface area contributed by atoms with Crippen LogP contribution in [0.3, 0.4) is 0 Å². The summed E-state index contributed by atoms with van der Waals surface area (Å²) in [5, 5.41) is 0. The highest BCUT2D eigenvalue weighted by molar-refractivity contribution is 7.90. The highest BCUT2D eigenvalue weighted by Crippen LogP contribution is 2.33. The summed E-state index contributed by atoms with van der Waals surface area (Å²) >= 11 is 0. The molecule has 0 radical (unpaired) electrons. The Morgan fingerprint density at radius 2 is 1.81 bits per heavy atom. The molecule has 2 amide bonds. The maximum Gasteiger partial charge on any atom is 0.264 e. The average molecular weight is 528 g/mol. The fourth-order valence-electron chi connectivity index (χ4n) is 4.06. The van der Waals surface area contributed by atoms with Crippen LogP contribution in [-0.4, -0.2) is 51.3 Å². The maximum absolute atomic E-state index is 14.6. The van der Waals surface area contributed by atoms with Crippen LogP contribution in [-0.2, 0) is 21.2 Å². The first-order chi connectivity index (χ1) is 17.3. The Hall–Kier alpha value is -3.79. The van der Waals surface area contributed by atoms with Gasteiger partial charge in [0.15, 0.2) is 0 Å². The molecule has 3 aromatic rings. The first-order valence-electron chi connectivity index (χ1n) is 11.5. The predicted octanol–water partition coefficient (Wildman–Crippen LogP) is 4.08. The lowest BCUT2D eigenvalue weighted by Gasteiger charge is -2.19. The number of benzene rings is 2. The Bertz CT molecular complexity index is 1450. The number of aryl methyl sites for hydroxylation is 1. The molecule has 8 nitrogen and oxygen atoms in total. The summed E-state index contributed by atoms with van der Waals surface area (Å²) in [6, 6.07) is 10.1. The molecule has 196 valence electrons. The number of aromatic nitrogens is 1. The van der Waals surface area contributed by atoms with Gasteiger partial charge in [-0.1, -0.05) is 13.8 Å². The van der Waals surface area contributed by atoms with Crippen LogP contribution in [0.25, 0.3) is 11.1 Å². The second kappa shape index (κ2) is 11.1. The fraction of sp³-hybridized carbons (Fsp3) is 0.296. The lowest BCUT2D eigenvalue weighted by atomic mass is 9.88. The number of methoxy groups -OCH3 is 1. The molecule has 0 saturated heterocycles. The van der Waals surface area contributed by atoms with Crippen LogP contribution in [0.1, 0.15) is 46.8 Å². The number of sulfonamides is 1. The topological polar surface area (TPSA) is 106 Å². The van der Waals surface area contributed by atoms with Gasteiger partial charge >= 0.3 is 0 Å². The SMILES string of the molecule is COc1cc(-c2cc(F)cc(C(C)C)c2CC(=O)NS(=O)(=O)c2ccc(C(=O)N(C)C)cc2C)ccn1. The highest BCUT2D eigenvalue weighted by atomic mass is 32.2. The van der Waals surface area contributed by atoms with Crippen molar-refractivity contribution in [2.75, 3.05) is 21.2 Å². The van der Waals surface area contributed by atoms with E-state index in [9.17, 15) is 22.4 Å². The predicted molar refractivity (Wildman–Crippen MR) is 139 cm³/mol. The highest BCUT2D eigenvalue weighted by Gasteiger charge is 2.24. The van der Waals surface area contributed by atoms with E-state index >= 15 is 0 Å². The molecular weight excluding hydrogens is 497 g/mol. The van der Waals surface area contributed by atoms with Crippen LogP contribution >= 0.6 is 0 Å². The van der Waals surface area contributed by atoms with Gasteiger partial charge < -0.3 is 9.64 Å². The average Bonchev–Trinajstić information content (AvgIpc) is 2.83. The smallest absolute Gasteiger partial charge is 0.264 e. The molecule has 0 atom stereocenters. The summed E-state index contributed by atoms with van der Waals surface area (Å²) in [6.45, 7) is 5.28. The lowest BCUT2D eigenvalue weighted by molar-refractivity contribution is -0.118. The van der Waals surface area contributed by atoms with Crippen molar-refractivity contribution in [3.05, 3.63) is 76.7 Å². The number of nitrogens with one attached hydrogen (secondary N) is 1. The quantitative estimate of drug-likeness (QED) is 0.473. The van der Waals surface area contributed by atoms with Crippen molar-refractivity contribution in [1.29, 1.82) is 0 Å². The zero-order valence-corrected chi connectivity index (χ0v) is 22.4. The van der Waals surface area contributed by atoms with Crippen LogP contribution in [0.15, 0.2) is 53.6 Å². The molecule has 0 saturated carbocycles. The number of halogens is 1. The van der Waals surface area contributed by atoms with Crippen molar-refractivity contribution < 1.29 is 27.1 Å². The van der Waals surface area contributed by atoms with Gasteiger partial charge in [-0.3, -0.25) is 9.59 Å². The first-order valence-corrected chi connectivity index (χ1v) is 13.0. The number of pyridine rings is 1. The van der Waals surface area contributed by atoms with Crippen LogP contribution in [0.5, 0.6) is 5.88 Å². The van der Waals surface area contributed by atoms with E-state index in [1.807, 2.05) is 13.8 Å². The monoisotopic (exact) mass is 527 g/mol. The number of carbonyl (C=O) groups excluding carboxylic acids is 2. The lowest BCUT2D eigenvalue weighted by Crippen LogP contribution is -2.33. The minimum absolute atomic E-state index is 0.113. The number of rotatable bonds is 8. The van der Waals surface area contributed by atoms with Gasteiger partial charge in [-0.15, -0.1) is 0 Å². The molecule has 0 bridgehead atoms. The summed E-state index contributed by atoms with van der Waals surface area (Å²) < 4.78 is 48.0. The van der Waals surface area contributed by atoms with Gasteiger partial charge in [-0.25, -0.2) is 22.5 Å². The van der Waals surface area contributed by atoms with E-state index in [4.69, 9.17) is 4.74 Å². The summed E-state index contributed by atoms with van der Waals surface area (Å²) in [4.78, 5) is 30.6. The normalized spacial score (nSPS) is 11.4. The van der Waals surface area contributed by atoms with Gasteiger partial charge in [0.1, 0.15) is 5.82 Å². The molecule has 37 heavy (non-hydrogen) atoms. The molecule has 0 unspecified atom stereocenters. The molecule has 3 rings (SSSR count). The van der Waals surface area contributed by atoms with E-state index in [0.29, 0.717) is 39.3 Å². The Morgan fingerprint density at radius 3 is 2.41 bits per heavy atom. The fourth-order valence-corrected chi connectivity index (χ4v) is 5.27. The molecule has 0 fully saturated rings. The van der Waals surface area contributed by atoms with Crippen molar-refractivity contribution in [1.82, 2.24) is 14.6 Å². The number of nitrogens with zero attached hydrogens (tertiary/aromatic N) is 2. The van der Waals surface area contributed by atoms with E-state index in [1.165, 1.54) is 48.5 Å². The molecule has 0 aliphatic heterocycles. The second-order valence-corrected chi connectivity index (χ2v) is 10.8.